The van der Waals surface area contributed by atoms with Crippen molar-refractivity contribution in [3.05, 3.63) is 42.5 Å². The lowest BCUT2D eigenvalue weighted by Crippen LogP contribution is -2.20. The van der Waals surface area contributed by atoms with Crippen LogP contribution >= 0.6 is 0 Å². The van der Waals surface area contributed by atoms with E-state index in [0.29, 0.717) is 6.04 Å². The summed E-state index contributed by atoms with van der Waals surface area (Å²) in [4.78, 5) is 2.57. The highest BCUT2D eigenvalue weighted by atomic mass is 16.5. The van der Waals surface area contributed by atoms with Gasteiger partial charge in [-0.1, -0.05) is 12.1 Å². The summed E-state index contributed by atoms with van der Waals surface area (Å²) in [5.41, 5.74) is 17.6. The van der Waals surface area contributed by atoms with Gasteiger partial charge in [-0.25, -0.2) is 0 Å². The maximum absolute atomic E-state index is 6.68. The van der Waals surface area contributed by atoms with Crippen LogP contribution in [0.5, 0.6) is 5.75 Å². The summed E-state index contributed by atoms with van der Waals surface area (Å²) in [5.74, 6) is 0.940. The van der Waals surface area contributed by atoms with Gasteiger partial charge in [0, 0.05) is 28.7 Å². The van der Waals surface area contributed by atoms with Crippen molar-refractivity contribution < 1.29 is 4.74 Å². The molecule has 2 heterocycles. The van der Waals surface area contributed by atoms with E-state index in [1.54, 1.807) is 0 Å². The number of likely N-dealkylation sites (tertiary alicyclic amines) is 1. The van der Waals surface area contributed by atoms with Crippen LogP contribution in [0.4, 0.5) is 11.4 Å². The second-order valence-corrected chi connectivity index (χ2v) is 9.12. The van der Waals surface area contributed by atoms with E-state index in [9.17, 15) is 0 Å². The van der Waals surface area contributed by atoms with Crippen molar-refractivity contribution in [2.24, 2.45) is 0 Å². The van der Waals surface area contributed by atoms with Gasteiger partial charge < -0.3 is 25.7 Å². The SMILES string of the molecule is Nc1ccc(-c2c(N)c3ccc(OCCCCN4CCCC4)cc3n2C2CCC2)cc1. The zero-order chi connectivity index (χ0) is 21.2. The smallest absolute Gasteiger partial charge is 0.121 e. The summed E-state index contributed by atoms with van der Waals surface area (Å²) in [6.45, 7) is 4.51. The third-order valence-corrected chi connectivity index (χ3v) is 6.97. The van der Waals surface area contributed by atoms with Crippen LogP contribution in [-0.4, -0.2) is 35.7 Å². The fourth-order valence-electron chi connectivity index (χ4n) is 5.00. The molecule has 0 spiro atoms. The number of fused-ring (bicyclic) bond motifs is 1. The molecule has 3 aromatic rings. The van der Waals surface area contributed by atoms with E-state index in [0.717, 1.165) is 46.8 Å². The molecule has 31 heavy (non-hydrogen) atoms. The lowest BCUT2D eigenvalue weighted by Gasteiger charge is -2.30. The molecule has 2 fully saturated rings. The van der Waals surface area contributed by atoms with Crippen molar-refractivity contribution in [1.82, 2.24) is 9.47 Å². The molecular weight excluding hydrogens is 384 g/mol. The van der Waals surface area contributed by atoms with E-state index in [2.05, 4.69) is 39.8 Å². The van der Waals surface area contributed by atoms with Gasteiger partial charge in [-0.2, -0.15) is 0 Å². The Kier molecular flexibility index (Phi) is 5.77. The van der Waals surface area contributed by atoms with E-state index >= 15 is 0 Å². The number of unbranched alkanes of at least 4 members (excludes halogenated alkanes) is 1. The normalized spacial score (nSPS) is 17.3. The Hall–Kier alpha value is -2.66. The molecule has 0 unspecified atom stereocenters. The first-order valence-electron chi connectivity index (χ1n) is 11.9. The molecule has 1 saturated heterocycles. The number of nitrogens with zero attached hydrogens (tertiary/aromatic N) is 2. The minimum Gasteiger partial charge on any atom is -0.494 e. The van der Waals surface area contributed by atoms with Crippen molar-refractivity contribution in [2.75, 3.05) is 37.7 Å². The number of nitrogens with two attached hydrogens (primary N) is 2. The monoisotopic (exact) mass is 418 g/mol. The van der Waals surface area contributed by atoms with Crippen molar-refractivity contribution in [3.63, 3.8) is 0 Å². The molecule has 0 amide bonds. The van der Waals surface area contributed by atoms with Gasteiger partial charge in [0.05, 0.1) is 23.5 Å². The summed E-state index contributed by atoms with van der Waals surface area (Å²) in [6.07, 6.45) is 8.70. The highest BCUT2D eigenvalue weighted by Crippen LogP contribution is 2.44. The molecule has 164 valence electrons. The quantitative estimate of drug-likeness (QED) is 0.377. The van der Waals surface area contributed by atoms with Gasteiger partial charge >= 0.3 is 0 Å². The highest BCUT2D eigenvalue weighted by molar-refractivity contribution is 6.01. The number of nitrogen functional groups attached to an aromatic ring is 2. The molecule has 5 rings (SSSR count). The van der Waals surface area contributed by atoms with Crippen LogP contribution in [0, 0.1) is 0 Å². The molecule has 1 aromatic heterocycles. The Labute approximate surface area is 185 Å². The molecule has 0 atom stereocenters. The Bertz CT molecular complexity index is 1030. The van der Waals surface area contributed by atoms with Crippen molar-refractivity contribution >= 4 is 22.3 Å². The minimum absolute atomic E-state index is 0.503. The summed E-state index contributed by atoms with van der Waals surface area (Å²) >= 11 is 0. The molecule has 0 radical (unpaired) electrons. The maximum Gasteiger partial charge on any atom is 0.121 e. The fraction of sp³-hybridized carbons (Fsp3) is 0.462. The van der Waals surface area contributed by atoms with Crippen molar-refractivity contribution in [2.45, 2.75) is 51.0 Å². The Morgan fingerprint density at radius 2 is 1.68 bits per heavy atom. The molecule has 5 nitrogen and oxygen atoms in total. The van der Waals surface area contributed by atoms with Crippen LogP contribution in [0.15, 0.2) is 42.5 Å². The maximum atomic E-state index is 6.68. The topological polar surface area (TPSA) is 69.4 Å². The second-order valence-electron chi connectivity index (χ2n) is 9.12. The zero-order valence-electron chi connectivity index (χ0n) is 18.4. The van der Waals surface area contributed by atoms with Crippen LogP contribution in [0.25, 0.3) is 22.2 Å². The van der Waals surface area contributed by atoms with Gasteiger partial charge in [0.25, 0.3) is 0 Å². The number of rotatable bonds is 8. The molecular formula is C26H34N4O. The molecule has 0 bridgehead atoms. The first-order chi connectivity index (χ1) is 15.2. The number of ether oxygens (including phenoxy) is 1. The van der Waals surface area contributed by atoms with Crippen LogP contribution in [0.3, 0.4) is 0 Å². The zero-order valence-corrected chi connectivity index (χ0v) is 18.4. The van der Waals surface area contributed by atoms with Gasteiger partial charge in [-0.3, -0.25) is 0 Å². The minimum atomic E-state index is 0.503. The first kappa shape index (κ1) is 20.3. The number of aromatic nitrogens is 1. The lowest BCUT2D eigenvalue weighted by atomic mass is 9.92. The number of hydrogen-bond donors (Lipinski definition) is 2. The average molecular weight is 419 g/mol. The predicted molar refractivity (Wildman–Crippen MR) is 129 cm³/mol. The molecule has 4 N–H and O–H groups in total. The van der Waals surface area contributed by atoms with Crippen LogP contribution in [-0.2, 0) is 0 Å². The van der Waals surface area contributed by atoms with E-state index in [-0.39, 0.29) is 0 Å². The summed E-state index contributed by atoms with van der Waals surface area (Å²) in [6, 6.07) is 14.9. The van der Waals surface area contributed by atoms with Crippen LogP contribution in [0.2, 0.25) is 0 Å². The number of hydrogen-bond acceptors (Lipinski definition) is 4. The molecule has 2 aliphatic rings. The Balaban J connectivity index is 1.36. The van der Waals surface area contributed by atoms with Crippen LogP contribution in [0.1, 0.15) is 51.0 Å². The van der Waals surface area contributed by atoms with E-state index < -0.39 is 0 Å². The Morgan fingerprint density at radius 3 is 2.39 bits per heavy atom. The number of anilines is 2. The van der Waals surface area contributed by atoms with Crippen molar-refractivity contribution in [1.29, 1.82) is 0 Å². The largest absolute Gasteiger partial charge is 0.494 e. The number of benzene rings is 2. The van der Waals surface area contributed by atoms with Gasteiger partial charge in [0.15, 0.2) is 0 Å². The van der Waals surface area contributed by atoms with Gasteiger partial charge in [-0.05, 0) is 88.8 Å². The summed E-state index contributed by atoms with van der Waals surface area (Å²) in [5, 5.41) is 1.11. The van der Waals surface area contributed by atoms with Crippen LogP contribution < -0.4 is 16.2 Å². The van der Waals surface area contributed by atoms with Crippen molar-refractivity contribution in [3.8, 4) is 17.0 Å². The molecule has 5 heteroatoms. The lowest BCUT2D eigenvalue weighted by molar-refractivity contribution is 0.279. The fourth-order valence-corrected chi connectivity index (χ4v) is 5.00. The first-order valence-corrected chi connectivity index (χ1v) is 11.9. The van der Waals surface area contributed by atoms with Gasteiger partial charge in [0.1, 0.15) is 5.75 Å². The van der Waals surface area contributed by atoms with E-state index in [1.807, 2.05) is 12.1 Å². The van der Waals surface area contributed by atoms with E-state index in [1.165, 1.54) is 63.7 Å². The summed E-state index contributed by atoms with van der Waals surface area (Å²) < 4.78 is 8.59. The standard InChI is InChI=1S/C26H34N4O/c27-20-10-8-19(9-11-20)26-25(28)23-13-12-22(18-24(23)30(26)21-6-5-7-21)31-17-4-3-16-29-14-1-2-15-29/h8-13,18,21H,1-7,14-17,27-28H2. The summed E-state index contributed by atoms with van der Waals surface area (Å²) in [7, 11) is 0. The van der Waals surface area contributed by atoms with Gasteiger partial charge in [-0.15, -0.1) is 0 Å². The van der Waals surface area contributed by atoms with E-state index in [4.69, 9.17) is 16.2 Å². The second kappa shape index (κ2) is 8.83. The molecule has 2 aromatic carbocycles. The Morgan fingerprint density at radius 1 is 0.903 bits per heavy atom. The van der Waals surface area contributed by atoms with Gasteiger partial charge in [0.2, 0.25) is 0 Å². The third kappa shape index (κ3) is 4.11. The molecule has 1 aliphatic carbocycles. The molecule has 1 saturated carbocycles. The highest BCUT2D eigenvalue weighted by Gasteiger charge is 2.27. The average Bonchev–Trinajstić information content (AvgIpc) is 3.35. The predicted octanol–water partition coefficient (Wildman–Crippen LogP) is 5.45. The third-order valence-electron chi connectivity index (χ3n) is 6.97. The molecule has 1 aliphatic heterocycles.